The molecule has 6 heteroatoms. The molecular weight excluding hydrogens is 218 g/mol. The van der Waals surface area contributed by atoms with Crippen molar-refractivity contribution < 1.29 is 4.79 Å². The van der Waals surface area contributed by atoms with Crippen LogP contribution in [0.4, 0.5) is 0 Å². The van der Waals surface area contributed by atoms with Gasteiger partial charge in [-0.1, -0.05) is 13.8 Å². The first-order valence-corrected chi connectivity index (χ1v) is 5.35. The average molecular weight is 235 g/mol. The molecule has 6 nitrogen and oxygen atoms in total. The lowest BCUT2D eigenvalue weighted by atomic mass is 10.2. The molecule has 17 heavy (non-hydrogen) atoms. The number of nitrogens with zero attached hydrogens (tertiary/aromatic N) is 3. The highest BCUT2D eigenvalue weighted by molar-refractivity contribution is 5.92. The summed E-state index contributed by atoms with van der Waals surface area (Å²) in [5.41, 5.74) is 9.62. The van der Waals surface area contributed by atoms with E-state index in [1.165, 1.54) is 0 Å². The van der Waals surface area contributed by atoms with Crippen molar-refractivity contribution in [2.45, 2.75) is 27.7 Å². The fourth-order valence-corrected chi connectivity index (χ4v) is 0.931. The first kappa shape index (κ1) is 13.1. The third-order valence-corrected chi connectivity index (χ3v) is 2.31. The molecule has 0 aliphatic carbocycles. The van der Waals surface area contributed by atoms with E-state index in [1.807, 2.05) is 27.7 Å². The quantitative estimate of drug-likeness (QED) is 0.459. The number of carbonyl (C=O) groups excluding carboxylic acids is 1. The van der Waals surface area contributed by atoms with Gasteiger partial charge in [-0.15, -0.1) is 0 Å². The number of aryl methyl sites for hydroxylation is 2. The van der Waals surface area contributed by atoms with E-state index < -0.39 is 5.91 Å². The molecule has 1 rings (SSSR count). The topological polar surface area (TPSA) is 93.3 Å². The summed E-state index contributed by atoms with van der Waals surface area (Å²) >= 11 is 0. The van der Waals surface area contributed by atoms with E-state index in [1.54, 1.807) is 6.20 Å². The van der Waals surface area contributed by atoms with Crippen molar-refractivity contribution in [3.05, 3.63) is 23.3 Å². The summed E-state index contributed by atoms with van der Waals surface area (Å²) in [6.45, 7) is 7.47. The van der Waals surface area contributed by atoms with Crippen LogP contribution in [-0.4, -0.2) is 21.7 Å². The van der Waals surface area contributed by atoms with Crippen LogP contribution in [0, 0.1) is 19.8 Å². The zero-order valence-corrected chi connectivity index (χ0v) is 10.5. The van der Waals surface area contributed by atoms with Crippen LogP contribution in [-0.2, 0) is 0 Å². The lowest BCUT2D eigenvalue weighted by molar-refractivity contribution is 0.0944. The third-order valence-electron chi connectivity index (χ3n) is 2.31. The molecule has 0 aromatic carbocycles. The average Bonchev–Trinajstić information content (AvgIpc) is 2.28. The monoisotopic (exact) mass is 235 g/mol. The van der Waals surface area contributed by atoms with E-state index in [0.717, 1.165) is 11.3 Å². The van der Waals surface area contributed by atoms with Crippen LogP contribution in [0.15, 0.2) is 11.3 Å². The SMILES string of the molecule is Cc1cnc(C(=O)NN=C(N)C(C)C)nc1C. The number of carbonyl (C=O) groups is 1. The zero-order valence-electron chi connectivity index (χ0n) is 10.5. The maximum atomic E-state index is 11.6. The molecule has 92 valence electrons. The molecule has 1 aromatic rings. The largest absolute Gasteiger partial charge is 0.385 e. The van der Waals surface area contributed by atoms with Crippen LogP contribution < -0.4 is 11.2 Å². The fraction of sp³-hybridized carbons (Fsp3) is 0.455. The van der Waals surface area contributed by atoms with Crippen LogP contribution in [0.2, 0.25) is 0 Å². The predicted molar refractivity (Wildman–Crippen MR) is 65.4 cm³/mol. The number of nitrogens with one attached hydrogen (secondary N) is 1. The van der Waals surface area contributed by atoms with Crippen LogP contribution >= 0.6 is 0 Å². The number of aromatic nitrogens is 2. The van der Waals surface area contributed by atoms with Gasteiger partial charge in [-0.2, -0.15) is 5.10 Å². The number of hydrogen-bond donors (Lipinski definition) is 2. The minimum absolute atomic E-state index is 0.0796. The Kier molecular flexibility index (Phi) is 4.14. The van der Waals surface area contributed by atoms with Gasteiger partial charge in [0.15, 0.2) is 0 Å². The highest BCUT2D eigenvalue weighted by Crippen LogP contribution is 2.01. The van der Waals surface area contributed by atoms with Gasteiger partial charge in [0.2, 0.25) is 5.82 Å². The van der Waals surface area contributed by atoms with Crippen LogP contribution in [0.3, 0.4) is 0 Å². The smallest absolute Gasteiger partial charge is 0.309 e. The minimum atomic E-state index is -0.461. The third kappa shape index (κ3) is 3.51. The van der Waals surface area contributed by atoms with Crippen molar-refractivity contribution in [1.82, 2.24) is 15.4 Å². The van der Waals surface area contributed by atoms with Gasteiger partial charge in [-0.3, -0.25) is 4.79 Å². The van der Waals surface area contributed by atoms with Gasteiger partial charge in [0, 0.05) is 17.8 Å². The van der Waals surface area contributed by atoms with Crippen LogP contribution in [0.5, 0.6) is 0 Å². The molecule has 0 spiro atoms. The maximum absolute atomic E-state index is 11.6. The Balaban J connectivity index is 2.77. The number of nitrogens with two attached hydrogens (primary N) is 1. The Morgan fingerprint density at radius 3 is 2.65 bits per heavy atom. The molecule has 1 aromatic heterocycles. The number of hydrogen-bond acceptors (Lipinski definition) is 4. The summed E-state index contributed by atoms with van der Waals surface area (Å²) in [4.78, 5) is 19.6. The molecule has 0 radical (unpaired) electrons. The van der Waals surface area contributed by atoms with E-state index in [2.05, 4.69) is 20.5 Å². The second-order valence-electron chi connectivity index (χ2n) is 4.09. The number of amides is 1. The highest BCUT2D eigenvalue weighted by Gasteiger charge is 2.10. The second kappa shape index (κ2) is 5.38. The minimum Gasteiger partial charge on any atom is -0.385 e. The van der Waals surface area contributed by atoms with Crippen molar-refractivity contribution in [2.24, 2.45) is 16.8 Å². The summed E-state index contributed by atoms with van der Waals surface area (Å²) in [5, 5.41) is 3.77. The molecule has 1 heterocycles. The van der Waals surface area contributed by atoms with Crippen molar-refractivity contribution in [3.63, 3.8) is 0 Å². The fourth-order valence-electron chi connectivity index (χ4n) is 0.931. The number of hydrazone groups is 1. The Labute approximate surface area is 100 Å². The molecule has 0 saturated carbocycles. The first-order valence-electron chi connectivity index (χ1n) is 5.35. The van der Waals surface area contributed by atoms with Gasteiger partial charge in [0.1, 0.15) is 5.84 Å². The van der Waals surface area contributed by atoms with E-state index in [9.17, 15) is 4.79 Å². The van der Waals surface area contributed by atoms with Gasteiger partial charge in [-0.05, 0) is 19.4 Å². The Morgan fingerprint density at radius 2 is 2.12 bits per heavy atom. The van der Waals surface area contributed by atoms with Crippen molar-refractivity contribution >= 4 is 11.7 Å². The van der Waals surface area contributed by atoms with E-state index in [-0.39, 0.29) is 11.7 Å². The van der Waals surface area contributed by atoms with E-state index >= 15 is 0 Å². The molecule has 0 atom stereocenters. The summed E-state index contributed by atoms with van der Waals surface area (Å²) in [5.74, 6) is 0.0725. The van der Waals surface area contributed by atoms with Crippen molar-refractivity contribution in [2.75, 3.05) is 0 Å². The normalized spacial score (nSPS) is 11.7. The zero-order chi connectivity index (χ0) is 13.0. The summed E-state index contributed by atoms with van der Waals surface area (Å²) in [7, 11) is 0. The lowest BCUT2D eigenvalue weighted by Crippen LogP contribution is -2.27. The van der Waals surface area contributed by atoms with Crippen molar-refractivity contribution in [3.8, 4) is 0 Å². The van der Waals surface area contributed by atoms with E-state index in [0.29, 0.717) is 5.84 Å². The molecule has 0 unspecified atom stereocenters. The van der Waals surface area contributed by atoms with Gasteiger partial charge in [0.25, 0.3) is 0 Å². The molecule has 0 saturated heterocycles. The maximum Gasteiger partial charge on any atom is 0.309 e. The predicted octanol–water partition coefficient (Wildman–Crippen LogP) is 0.751. The molecular formula is C11H17N5O. The number of amidine groups is 1. The molecule has 1 amide bonds. The standard InChI is InChI=1S/C11H17N5O/c1-6(2)9(12)15-16-11(17)10-13-5-7(3)8(4)14-10/h5-6H,1-4H3,(H2,12,15)(H,16,17). The van der Waals surface area contributed by atoms with E-state index in [4.69, 9.17) is 5.73 Å². The van der Waals surface area contributed by atoms with Crippen LogP contribution in [0.25, 0.3) is 0 Å². The lowest BCUT2D eigenvalue weighted by Gasteiger charge is -2.05. The summed E-state index contributed by atoms with van der Waals surface area (Å²) in [6, 6.07) is 0. The van der Waals surface area contributed by atoms with Crippen molar-refractivity contribution in [1.29, 1.82) is 0 Å². The summed E-state index contributed by atoms with van der Waals surface area (Å²) < 4.78 is 0. The highest BCUT2D eigenvalue weighted by atomic mass is 16.2. The van der Waals surface area contributed by atoms with Gasteiger partial charge >= 0.3 is 5.91 Å². The molecule has 0 bridgehead atoms. The Morgan fingerprint density at radius 1 is 1.47 bits per heavy atom. The summed E-state index contributed by atoms with van der Waals surface area (Å²) in [6.07, 6.45) is 1.60. The number of rotatable bonds is 3. The molecule has 3 N–H and O–H groups in total. The Bertz CT molecular complexity index is 453. The molecule has 0 aliphatic rings. The first-order chi connectivity index (χ1) is 7.91. The molecule has 0 fully saturated rings. The Hall–Kier alpha value is -1.98. The van der Waals surface area contributed by atoms with Gasteiger partial charge in [-0.25, -0.2) is 15.4 Å². The molecule has 0 aliphatic heterocycles. The van der Waals surface area contributed by atoms with Crippen LogP contribution in [0.1, 0.15) is 35.7 Å². The van der Waals surface area contributed by atoms with Gasteiger partial charge in [0.05, 0.1) is 0 Å². The second-order valence-corrected chi connectivity index (χ2v) is 4.09. The van der Waals surface area contributed by atoms with Gasteiger partial charge < -0.3 is 5.73 Å².